The van der Waals surface area contributed by atoms with E-state index in [0.717, 1.165) is 11.3 Å². The Balaban J connectivity index is 2.07. The molecule has 0 saturated carbocycles. The number of fused-ring (bicyclic) bond motifs is 1. The van der Waals surface area contributed by atoms with Crippen LogP contribution in [0.15, 0.2) is 24.3 Å². The number of carbonyl (C=O) groups is 2. The van der Waals surface area contributed by atoms with Crippen LogP contribution in [-0.4, -0.2) is 18.1 Å². The van der Waals surface area contributed by atoms with E-state index in [9.17, 15) is 9.59 Å². The maximum absolute atomic E-state index is 11.3. The number of amides is 1. The second-order valence-corrected chi connectivity index (χ2v) is 3.30. The van der Waals surface area contributed by atoms with Gasteiger partial charge in [-0.3, -0.25) is 0 Å². The van der Waals surface area contributed by atoms with E-state index < -0.39 is 18.1 Å². The molecule has 0 spiro atoms. The van der Waals surface area contributed by atoms with Crippen LogP contribution in [0.4, 0.5) is 10.5 Å². The summed E-state index contributed by atoms with van der Waals surface area (Å²) in [5.74, 6) is -0.640. The number of anilines is 1. The summed E-state index contributed by atoms with van der Waals surface area (Å²) in [5, 5.41) is 2.96. The lowest BCUT2D eigenvalue weighted by Crippen LogP contribution is -2.32. The molecule has 1 atom stereocenters. The number of nitrogens with one attached hydrogen (secondary N) is 1. The Bertz CT molecular complexity index is 392. The molecule has 1 heterocycles. The second kappa shape index (κ2) is 3.61. The standard InChI is InChI=1S/C10H10N2O3/c11-10(14)15-9(13)8-5-6-3-1-2-4-7(6)12-8/h1-4,8,12H,5H2,(H2,11,14). The van der Waals surface area contributed by atoms with E-state index in [1.54, 1.807) is 0 Å². The molecule has 0 bridgehead atoms. The highest BCUT2D eigenvalue weighted by Crippen LogP contribution is 2.25. The quantitative estimate of drug-likeness (QED) is 0.522. The van der Waals surface area contributed by atoms with Crippen LogP contribution in [0.2, 0.25) is 0 Å². The molecule has 0 saturated heterocycles. The predicted octanol–water partition coefficient (Wildman–Crippen LogP) is 0.645. The summed E-state index contributed by atoms with van der Waals surface area (Å²) in [7, 11) is 0. The van der Waals surface area contributed by atoms with Crippen LogP contribution < -0.4 is 11.1 Å². The normalized spacial score (nSPS) is 17.7. The van der Waals surface area contributed by atoms with Crippen LogP contribution in [-0.2, 0) is 16.0 Å². The van der Waals surface area contributed by atoms with Gasteiger partial charge in [0.25, 0.3) is 0 Å². The third-order valence-electron chi connectivity index (χ3n) is 2.26. The number of benzene rings is 1. The van der Waals surface area contributed by atoms with Crippen molar-refractivity contribution in [2.24, 2.45) is 5.73 Å². The van der Waals surface area contributed by atoms with Crippen molar-refractivity contribution < 1.29 is 14.3 Å². The number of hydrogen-bond donors (Lipinski definition) is 2. The number of esters is 1. The molecule has 0 aromatic heterocycles. The highest BCUT2D eigenvalue weighted by atomic mass is 16.6. The van der Waals surface area contributed by atoms with Crippen molar-refractivity contribution in [1.29, 1.82) is 0 Å². The van der Waals surface area contributed by atoms with Gasteiger partial charge in [0.2, 0.25) is 0 Å². The Hall–Kier alpha value is -2.04. The Morgan fingerprint density at radius 2 is 2.13 bits per heavy atom. The van der Waals surface area contributed by atoms with Gasteiger partial charge in [-0.05, 0) is 11.6 Å². The first-order chi connectivity index (χ1) is 7.16. The molecule has 3 N–H and O–H groups in total. The Morgan fingerprint density at radius 3 is 2.80 bits per heavy atom. The zero-order chi connectivity index (χ0) is 10.8. The van der Waals surface area contributed by atoms with E-state index in [2.05, 4.69) is 10.1 Å². The molecule has 1 unspecified atom stereocenters. The van der Waals surface area contributed by atoms with Crippen molar-refractivity contribution in [3.05, 3.63) is 29.8 Å². The number of para-hydroxylation sites is 1. The number of carbonyl (C=O) groups excluding carboxylic acids is 2. The average molecular weight is 206 g/mol. The maximum atomic E-state index is 11.3. The van der Waals surface area contributed by atoms with E-state index in [4.69, 9.17) is 5.73 Å². The van der Waals surface area contributed by atoms with E-state index in [1.165, 1.54) is 0 Å². The van der Waals surface area contributed by atoms with Gasteiger partial charge in [0.05, 0.1) is 0 Å². The fraction of sp³-hybridized carbons (Fsp3) is 0.200. The summed E-state index contributed by atoms with van der Waals surface area (Å²) < 4.78 is 4.30. The summed E-state index contributed by atoms with van der Waals surface area (Å²) in [6.45, 7) is 0. The summed E-state index contributed by atoms with van der Waals surface area (Å²) in [5.41, 5.74) is 6.68. The molecule has 1 aromatic rings. The van der Waals surface area contributed by atoms with Crippen LogP contribution in [0, 0.1) is 0 Å². The number of ether oxygens (including phenoxy) is 1. The second-order valence-electron chi connectivity index (χ2n) is 3.30. The first-order valence-electron chi connectivity index (χ1n) is 4.52. The van der Waals surface area contributed by atoms with Crippen LogP contribution in [0.3, 0.4) is 0 Å². The molecule has 5 nitrogen and oxygen atoms in total. The number of nitrogens with two attached hydrogens (primary N) is 1. The van der Waals surface area contributed by atoms with Gasteiger partial charge in [-0.15, -0.1) is 0 Å². The minimum absolute atomic E-state index is 0.516. The van der Waals surface area contributed by atoms with Crippen LogP contribution >= 0.6 is 0 Å². The fourth-order valence-corrected chi connectivity index (χ4v) is 1.61. The predicted molar refractivity (Wildman–Crippen MR) is 53.2 cm³/mol. The van der Waals surface area contributed by atoms with Gasteiger partial charge in [-0.25, -0.2) is 9.59 Å². The van der Waals surface area contributed by atoms with Gasteiger partial charge in [0.15, 0.2) is 0 Å². The van der Waals surface area contributed by atoms with Crippen LogP contribution in [0.25, 0.3) is 0 Å². The summed E-state index contributed by atoms with van der Waals surface area (Å²) in [4.78, 5) is 21.7. The van der Waals surface area contributed by atoms with Gasteiger partial charge in [0, 0.05) is 12.1 Å². The average Bonchev–Trinajstić information content (AvgIpc) is 2.59. The fourth-order valence-electron chi connectivity index (χ4n) is 1.61. The Kier molecular flexibility index (Phi) is 2.29. The van der Waals surface area contributed by atoms with E-state index in [-0.39, 0.29) is 0 Å². The maximum Gasteiger partial charge on any atom is 0.412 e. The zero-order valence-corrected chi connectivity index (χ0v) is 7.90. The SMILES string of the molecule is NC(=O)OC(=O)C1Cc2ccccc2N1. The molecule has 0 radical (unpaired) electrons. The third kappa shape index (κ3) is 1.90. The number of hydrogen-bond acceptors (Lipinski definition) is 4. The minimum atomic E-state index is -1.07. The molecule has 1 aromatic carbocycles. The molecule has 15 heavy (non-hydrogen) atoms. The molecular weight excluding hydrogens is 196 g/mol. The molecule has 78 valence electrons. The highest BCUT2D eigenvalue weighted by Gasteiger charge is 2.28. The molecule has 0 aliphatic carbocycles. The van der Waals surface area contributed by atoms with Gasteiger partial charge in [-0.2, -0.15) is 0 Å². The first-order valence-corrected chi connectivity index (χ1v) is 4.52. The number of primary amides is 1. The minimum Gasteiger partial charge on any atom is -0.375 e. The molecule has 1 amide bonds. The first kappa shape index (κ1) is 9.51. The lowest BCUT2D eigenvalue weighted by atomic mass is 10.1. The van der Waals surface area contributed by atoms with E-state index >= 15 is 0 Å². The zero-order valence-electron chi connectivity index (χ0n) is 7.90. The van der Waals surface area contributed by atoms with Gasteiger partial charge in [0.1, 0.15) is 6.04 Å². The monoisotopic (exact) mass is 206 g/mol. The van der Waals surface area contributed by atoms with Gasteiger partial charge >= 0.3 is 12.1 Å². The summed E-state index contributed by atoms with van der Waals surface area (Å²) in [6, 6.07) is 7.03. The lowest BCUT2D eigenvalue weighted by Gasteiger charge is -2.07. The largest absolute Gasteiger partial charge is 0.412 e. The molecular formula is C10H10N2O3. The molecule has 0 fully saturated rings. The highest BCUT2D eigenvalue weighted by molar-refractivity contribution is 5.90. The van der Waals surface area contributed by atoms with Crippen LogP contribution in [0.1, 0.15) is 5.56 Å². The van der Waals surface area contributed by atoms with E-state index in [1.807, 2.05) is 24.3 Å². The Labute approximate surface area is 86.2 Å². The van der Waals surface area contributed by atoms with Crippen molar-refractivity contribution >= 4 is 17.7 Å². The van der Waals surface area contributed by atoms with Crippen molar-refractivity contribution in [3.8, 4) is 0 Å². The van der Waals surface area contributed by atoms with Crippen molar-refractivity contribution in [3.63, 3.8) is 0 Å². The molecule has 2 rings (SSSR count). The topological polar surface area (TPSA) is 81.4 Å². The summed E-state index contributed by atoms with van der Waals surface area (Å²) in [6.07, 6.45) is -0.555. The summed E-state index contributed by atoms with van der Waals surface area (Å²) >= 11 is 0. The molecule has 1 aliphatic rings. The smallest absolute Gasteiger partial charge is 0.375 e. The van der Waals surface area contributed by atoms with E-state index in [0.29, 0.717) is 6.42 Å². The molecule has 5 heteroatoms. The molecule has 1 aliphatic heterocycles. The third-order valence-corrected chi connectivity index (χ3v) is 2.26. The van der Waals surface area contributed by atoms with Crippen LogP contribution in [0.5, 0.6) is 0 Å². The lowest BCUT2D eigenvalue weighted by molar-refractivity contribution is -0.137. The number of rotatable bonds is 1. The Morgan fingerprint density at radius 1 is 1.40 bits per heavy atom. The van der Waals surface area contributed by atoms with Gasteiger partial charge in [-0.1, -0.05) is 18.2 Å². The van der Waals surface area contributed by atoms with Crippen molar-refractivity contribution in [2.75, 3.05) is 5.32 Å². The van der Waals surface area contributed by atoms with Crippen molar-refractivity contribution in [1.82, 2.24) is 0 Å². The van der Waals surface area contributed by atoms with Crippen molar-refractivity contribution in [2.45, 2.75) is 12.5 Å². The van der Waals surface area contributed by atoms with Gasteiger partial charge < -0.3 is 15.8 Å².